The van der Waals surface area contributed by atoms with Crippen LogP contribution in [0.3, 0.4) is 0 Å². The van der Waals surface area contributed by atoms with E-state index in [2.05, 4.69) is 0 Å². The molecule has 1 rings (SSSR count). The van der Waals surface area contributed by atoms with Crippen molar-refractivity contribution in [2.24, 2.45) is 0 Å². The van der Waals surface area contributed by atoms with E-state index in [0.717, 1.165) is 0 Å². The Balaban J connectivity index is 2.66. The molecule has 0 aliphatic carbocycles. The van der Waals surface area contributed by atoms with Crippen molar-refractivity contribution in [2.45, 2.75) is 30.7 Å². The highest BCUT2D eigenvalue weighted by Gasteiger charge is 2.43. The Kier molecular flexibility index (Phi) is 3.60. The number of hydrogen-bond acceptors (Lipinski definition) is 6. The van der Waals surface area contributed by atoms with Gasteiger partial charge in [-0.2, -0.15) is 0 Å². The molecule has 0 aromatic heterocycles. The lowest BCUT2D eigenvalue weighted by molar-refractivity contribution is -0.294. The van der Waals surface area contributed by atoms with E-state index in [1.165, 1.54) is 7.11 Å². The predicted molar refractivity (Wildman–Crippen MR) is 40.8 cm³/mol. The Morgan fingerprint density at radius 1 is 1.15 bits per heavy atom. The van der Waals surface area contributed by atoms with Gasteiger partial charge in [0.1, 0.15) is 24.4 Å². The molecule has 0 radical (unpaired) electrons. The standard InChI is InChI=1S/C7H14O6/c1-12-7-6(11)5(10)4(9)3(2-8)13-7/h3-11H,2H2,1H3/t3-,4?,5?,6-,7?/m1/s1. The first kappa shape index (κ1) is 10.8. The minimum Gasteiger partial charge on any atom is -0.394 e. The van der Waals surface area contributed by atoms with E-state index in [1.54, 1.807) is 0 Å². The van der Waals surface area contributed by atoms with Crippen LogP contribution in [0.1, 0.15) is 0 Å². The lowest BCUT2D eigenvalue weighted by Gasteiger charge is -2.38. The van der Waals surface area contributed by atoms with Crippen LogP contribution in [0.25, 0.3) is 0 Å². The van der Waals surface area contributed by atoms with Gasteiger partial charge in [-0.15, -0.1) is 0 Å². The zero-order valence-electron chi connectivity index (χ0n) is 7.20. The number of aliphatic hydroxyl groups excluding tert-OH is 4. The van der Waals surface area contributed by atoms with Gasteiger partial charge >= 0.3 is 0 Å². The Hall–Kier alpha value is -0.240. The van der Waals surface area contributed by atoms with Gasteiger partial charge in [0.2, 0.25) is 0 Å². The van der Waals surface area contributed by atoms with E-state index in [-0.39, 0.29) is 0 Å². The van der Waals surface area contributed by atoms with Gasteiger partial charge < -0.3 is 29.9 Å². The van der Waals surface area contributed by atoms with Gasteiger partial charge in [-0.05, 0) is 0 Å². The fourth-order valence-electron chi connectivity index (χ4n) is 1.26. The largest absolute Gasteiger partial charge is 0.394 e. The van der Waals surface area contributed by atoms with Gasteiger partial charge in [0.15, 0.2) is 6.29 Å². The smallest absolute Gasteiger partial charge is 0.186 e. The van der Waals surface area contributed by atoms with Gasteiger partial charge in [-0.1, -0.05) is 0 Å². The second-order valence-electron chi connectivity index (χ2n) is 2.93. The van der Waals surface area contributed by atoms with E-state index in [4.69, 9.17) is 14.6 Å². The van der Waals surface area contributed by atoms with Crippen molar-refractivity contribution in [3.05, 3.63) is 0 Å². The number of rotatable bonds is 2. The molecule has 5 atom stereocenters. The summed E-state index contributed by atoms with van der Waals surface area (Å²) in [6, 6.07) is 0. The number of methoxy groups -OCH3 is 1. The molecule has 6 heteroatoms. The second-order valence-corrected chi connectivity index (χ2v) is 2.93. The van der Waals surface area contributed by atoms with Gasteiger partial charge in [-0.3, -0.25) is 0 Å². The molecule has 0 amide bonds. The maximum Gasteiger partial charge on any atom is 0.186 e. The van der Waals surface area contributed by atoms with Crippen molar-refractivity contribution >= 4 is 0 Å². The highest BCUT2D eigenvalue weighted by Crippen LogP contribution is 2.20. The Morgan fingerprint density at radius 3 is 2.23 bits per heavy atom. The molecule has 1 fully saturated rings. The molecule has 1 aliphatic heterocycles. The zero-order valence-corrected chi connectivity index (χ0v) is 7.20. The Labute approximate surface area is 75.3 Å². The van der Waals surface area contributed by atoms with Crippen molar-refractivity contribution < 1.29 is 29.9 Å². The van der Waals surface area contributed by atoms with Crippen LogP contribution in [0.4, 0.5) is 0 Å². The molecule has 0 aromatic carbocycles. The molecule has 1 heterocycles. The van der Waals surface area contributed by atoms with E-state index in [1.807, 2.05) is 0 Å². The predicted octanol–water partition coefficient (Wildman–Crippen LogP) is -2.57. The van der Waals surface area contributed by atoms with Crippen LogP contribution < -0.4 is 0 Å². The van der Waals surface area contributed by atoms with Gasteiger partial charge in [0.25, 0.3) is 0 Å². The molecule has 6 nitrogen and oxygen atoms in total. The quantitative estimate of drug-likeness (QED) is 0.386. The molecule has 4 N–H and O–H groups in total. The summed E-state index contributed by atoms with van der Waals surface area (Å²) in [6.07, 6.45) is -5.91. The first-order valence-corrected chi connectivity index (χ1v) is 3.95. The van der Waals surface area contributed by atoms with Crippen molar-refractivity contribution in [3.63, 3.8) is 0 Å². The maximum atomic E-state index is 9.28. The minimum atomic E-state index is -1.36. The van der Waals surface area contributed by atoms with Crippen LogP contribution in [0, 0.1) is 0 Å². The summed E-state index contributed by atoms with van der Waals surface area (Å²) < 4.78 is 9.65. The lowest BCUT2D eigenvalue weighted by Crippen LogP contribution is -2.58. The van der Waals surface area contributed by atoms with E-state index in [9.17, 15) is 15.3 Å². The van der Waals surface area contributed by atoms with Gasteiger partial charge in [-0.25, -0.2) is 0 Å². The van der Waals surface area contributed by atoms with E-state index in [0.29, 0.717) is 0 Å². The van der Waals surface area contributed by atoms with Crippen LogP contribution in [0.5, 0.6) is 0 Å². The minimum absolute atomic E-state index is 0.440. The molecule has 3 unspecified atom stereocenters. The molecule has 1 saturated heterocycles. The third-order valence-corrected chi connectivity index (χ3v) is 2.08. The summed E-state index contributed by atoms with van der Waals surface area (Å²) in [7, 11) is 1.30. The Morgan fingerprint density at radius 2 is 1.77 bits per heavy atom. The molecule has 1 aliphatic rings. The molecular formula is C7H14O6. The van der Waals surface area contributed by atoms with Crippen molar-refractivity contribution in [2.75, 3.05) is 13.7 Å². The van der Waals surface area contributed by atoms with Crippen LogP contribution >= 0.6 is 0 Å². The van der Waals surface area contributed by atoms with Gasteiger partial charge in [0.05, 0.1) is 6.61 Å². The molecule has 78 valence electrons. The van der Waals surface area contributed by atoms with Crippen LogP contribution in [0.2, 0.25) is 0 Å². The van der Waals surface area contributed by atoms with Crippen molar-refractivity contribution in [3.8, 4) is 0 Å². The summed E-state index contributed by atoms with van der Waals surface area (Å²) >= 11 is 0. The molecule has 0 bridgehead atoms. The van der Waals surface area contributed by atoms with E-state index >= 15 is 0 Å². The SMILES string of the molecule is COC1O[C@H](CO)C(O)C(O)[C@H]1O. The molecule has 0 spiro atoms. The fraction of sp³-hybridized carbons (Fsp3) is 1.00. The maximum absolute atomic E-state index is 9.28. The second kappa shape index (κ2) is 4.32. The summed E-state index contributed by atoms with van der Waals surface area (Å²) in [4.78, 5) is 0. The monoisotopic (exact) mass is 194 g/mol. The molecule has 0 aromatic rings. The average Bonchev–Trinajstić information content (AvgIpc) is 2.15. The summed E-state index contributed by atoms with van der Waals surface area (Å²) in [5.74, 6) is 0. The average molecular weight is 194 g/mol. The zero-order chi connectivity index (χ0) is 10.0. The Bertz CT molecular complexity index is 143. The summed E-state index contributed by atoms with van der Waals surface area (Å²) in [5, 5.41) is 36.6. The first-order chi connectivity index (χ1) is 6.11. The fourth-order valence-corrected chi connectivity index (χ4v) is 1.26. The van der Waals surface area contributed by atoms with E-state index < -0.39 is 37.3 Å². The number of ether oxygens (including phenoxy) is 2. The highest BCUT2D eigenvalue weighted by atomic mass is 16.7. The summed E-state index contributed by atoms with van der Waals surface area (Å²) in [5.41, 5.74) is 0. The molecular weight excluding hydrogens is 180 g/mol. The summed E-state index contributed by atoms with van der Waals surface area (Å²) in [6.45, 7) is -0.440. The normalized spacial score (nSPS) is 46.4. The number of hydrogen-bond donors (Lipinski definition) is 4. The first-order valence-electron chi connectivity index (χ1n) is 3.95. The van der Waals surface area contributed by atoms with Crippen LogP contribution in [-0.2, 0) is 9.47 Å². The molecule has 13 heavy (non-hydrogen) atoms. The van der Waals surface area contributed by atoms with Crippen molar-refractivity contribution in [1.29, 1.82) is 0 Å². The third-order valence-electron chi connectivity index (χ3n) is 2.08. The van der Waals surface area contributed by atoms with Gasteiger partial charge in [0, 0.05) is 7.11 Å². The van der Waals surface area contributed by atoms with Crippen molar-refractivity contribution in [1.82, 2.24) is 0 Å². The molecule has 0 saturated carbocycles. The van der Waals surface area contributed by atoms with Crippen LogP contribution in [-0.4, -0.2) is 64.8 Å². The topological polar surface area (TPSA) is 99.4 Å². The lowest BCUT2D eigenvalue weighted by atomic mass is 9.99. The van der Waals surface area contributed by atoms with Crippen LogP contribution in [0.15, 0.2) is 0 Å². The highest BCUT2D eigenvalue weighted by molar-refractivity contribution is 4.88. The number of aliphatic hydroxyl groups is 4. The third kappa shape index (κ3) is 1.98.